The van der Waals surface area contributed by atoms with Gasteiger partial charge in [-0.1, -0.05) is 18.6 Å². The summed E-state index contributed by atoms with van der Waals surface area (Å²) < 4.78 is 38.9. The fraction of sp³-hybridized carbons (Fsp3) is 0.417. The first kappa shape index (κ1) is 24.2. The monoisotopic (exact) mass is 487 g/mol. The maximum atomic E-state index is 13.2. The molecule has 0 unspecified atom stereocenters. The Bertz CT molecular complexity index is 1160. The first-order valence-electron chi connectivity index (χ1n) is 11.4. The molecule has 0 aromatic heterocycles. The number of ether oxygens (including phenoxy) is 2. The molecule has 2 fully saturated rings. The van der Waals surface area contributed by atoms with Crippen molar-refractivity contribution >= 4 is 27.6 Å². The summed E-state index contributed by atoms with van der Waals surface area (Å²) in [5.74, 6) is -1.21. The number of carbonyl (C=O) groups excluding carboxylic acids is 2. The second-order valence-corrected chi connectivity index (χ2v) is 10.3. The number of piperidine rings is 1. The Labute approximate surface area is 199 Å². The number of primary amides is 1. The molecule has 2 heterocycles. The number of esters is 1. The van der Waals surface area contributed by atoms with Crippen LogP contribution >= 0.6 is 0 Å². The molecule has 0 saturated carbocycles. The highest BCUT2D eigenvalue weighted by atomic mass is 32.2. The van der Waals surface area contributed by atoms with Gasteiger partial charge >= 0.3 is 5.97 Å². The van der Waals surface area contributed by atoms with E-state index >= 15 is 0 Å². The van der Waals surface area contributed by atoms with Crippen molar-refractivity contribution in [3.8, 4) is 0 Å². The molecule has 2 aliphatic heterocycles. The van der Waals surface area contributed by atoms with Crippen LogP contribution in [0.1, 0.15) is 45.5 Å². The minimum absolute atomic E-state index is 0.0778. The Morgan fingerprint density at radius 1 is 0.971 bits per heavy atom. The van der Waals surface area contributed by atoms with Crippen LogP contribution in [-0.4, -0.2) is 64.0 Å². The van der Waals surface area contributed by atoms with Crippen molar-refractivity contribution in [1.82, 2.24) is 4.31 Å². The molecule has 2 aromatic carbocycles. The zero-order chi connectivity index (χ0) is 24.1. The second-order valence-electron chi connectivity index (χ2n) is 8.38. The summed E-state index contributed by atoms with van der Waals surface area (Å²) in [5.41, 5.74) is 7.04. The zero-order valence-electron chi connectivity index (χ0n) is 18.9. The summed E-state index contributed by atoms with van der Waals surface area (Å²) in [6.07, 6.45) is 2.66. The molecule has 1 amide bonds. The van der Waals surface area contributed by atoms with E-state index in [1.54, 1.807) is 36.4 Å². The van der Waals surface area contributed by atoms with Crippen molar-refractivity contribution in [2.75, 3.05) is 44.3 Å². The lowest BCUT2D eigenvalue weighted by molar-refractivity contribution is 0.0472. The van der Waals surface area contributed by atoms with Crippen molar-refractivity contribution in [3.05, 3.63) is 59.2 Å². The molecule has 9 nitrogen and oxygen atoms in total. The van der Waals surface area contributed by atoms with Crippen LogP contribution in [0.2, 0.25) is 0 Å². The molecular formula is C24H29N3O6S. The van der Waals surface area contributed by atoms with Gasteiger partial charge in [0.15, 0.2) is 0 Å². The van der Waals surface area contributed by atoms with Gasteiger partial charge in [0, 0.05) is 31.7 Å². The van der Waals surface area contributed by atoms with Gasteiger partial charge in [0.2, 0.25) is 15.9 Å². The summed E-state index contributed by atoms with van der Waals surface area (Å²) in [4.78, 5) is 26.7. The van der Waals surface area contributed by atoms with Crippen LogP contribution in [0.15, 0.2) is 47.4 Å². The third-order valence-corrected chi connectivity index (χ3v) is 7.97. The highest BCUT2D eigenvalue weighted by Crippen LogP contribution is 2.29. The van der Waals surface area contributed by atoms with E-state index in [2.05, 4.69) is 0 Å². The van der Waals surface area contributed by atoms with E-state index < -0.39 is 21.9 Å². The highest BCUT2D eigenvalue weighted by molar-refractivity contribution is 7.89. The molecule has 0 aliphatic carbocycles. The fourth-order valence-electron chi connectivity index (χ4n) is 4.21. The van der Waals surface area contributed by atoms with Crippen LogP contribution in [0.25, 0.3) is 0 Å². The average Bonchev–Trinajstić information content (AvgIpc) is 2.88. The van der Waals surface area contributed by atoms with Crippen molar-refractivity contribution in [1.29, 1.82) is 0 Å². The molecule has 182 valence electrons. The Balaban J connectivity index is 1.62. The summed E-state index contributed by atoms with van der Waals surface area (Å²) in [6.45, 7) is 3.07. The number of hydrogen-bond acceptors (Lipinski definition) is 7. The van der Waals surface area contributed by atoms with Gasteiger partial charge in [-0.2, -0.15) is 4.31 Å². The van der Waals surface area contributed by atoms with Crippen LogP contribution in [0.3, 0.4) is 0 Å². The molecule has 2 saturated heterocycles. The lowest BCUT2D eigenvalue weighted by Gasteiger charge is -2.31. The molecule has 0 radical (unpaired) electrons. The molecule has 0 atom stereocenters. The zero-order valence-corrected chi connectivity index (χ0v) is 19.8. The number of morpholine rings is 1. The summed E-state index contributed by atoms with van der Waals surface area (Å²) in [6, 6.07) is 11.2. The predicted molar refractivity (Wildman–Crippen MR) is 126 cm³/mol. The van der Waals surface area contributed by atoms with Crippen LogP contribution in [-0.2, 0) is 26.1 Å². The van der Waals surface area contributed by atoms with Crippen molar-refractivity contribution in [3.63, 3.8) is 0 Å². The number of nitrogens with two attached hydrogens (primary N) is 1. The van der Waals surface area contributed by atoms with Gasteiger partial charge in [-0.25, -0.2) is 13.2 Å². The number of carbonyl (C=O) groups is 2. The van der Waals surface area contributed by atoms with E-state index in [1.807, 2.05) is 4.90 Å². The van der Waals surface area contributed by atoms with Gasteiger partial charge in [0.05, 0.1) is 29.4 Å². The average molecular weight is 488 g/mol. The molecular weight excluding hydrogens is 458 g/mol. The first-order chi connectivity index (χ1) is 16.4. The standard InChI is InChI=1S/C24H29N3O6S/c25-23(28)19-6-4-5-18(15-19)17-33-24(29)21-16-20(34(30,31)27-9-2-1-3-10-27)7-8-22(21)26-11-13-32-14-12-26/h4-8,15-16H,1-3,9-14,17H2,(H2,25,28). The molecule has 0 spiro atoms. The number of nitrogens with zero attached hydrogens (tertiary/aromatic N) is 2. The van der Waals surface area contributed by atoms with Gasteiger partial charge in [0.1, 0.15) is 6.61 Å². The van der Waals surface area contributed by atoms with Gasteiger partial charge in [0.25, 0.3) is 0 Å². The molecule has 2 aromatic rings. The first-order valence-corrected chi connectivity index (χ1v) is 12.8. The largest absolute Gasteiger partial charge is 0.457 e. The molecule has 34 heavy (non-hydrogen) atoms. The maximum absolute atomic E-state index is 13.2. The summed E-state index contributed by atoms with van der Waals surface area (Å²) >= 11 is 0. The van der Waals surface area contributed by atoms with Gasteiger partial charge in [-0.3, -0.25) is 4.79 Å². The van der Waals surface area contributed by atoms with E-state index in [4.69, 9.17) is 15.2 Å². The van der Waals surface area contributed by atoms with E-state index in [1.165, 1.54) is 10.4 Å². The van der Waals surface area contributed by atoms with E-state index in [9.17, 15) is 18.0 Å². The van der Waals surface area contributed by atoms with Crippen LogP contribution < -0.4 is 10.6 Å². The number of sulfonamides is 1. The Kier molecular flexibility index (Phi) is 7.50. The molecule has 10 heteroatoms. The molecule has 2 N–H and O–H groups in total. The maximum Gasteiger partial charge on any atom is 0.340 e. The number of benzene rings is 2. The van der Waals surface area contributed by atoms with Crippen molar-refractivity contribution in [2.45, 2.75) is 30.8 Å². The highest BCUT2D eigenvalue weighted by Gasteiger charge is 2.29. The van der Waals surface area contributed by atoms with Crippen molar-refractivity contribution in [2.24, 2.45) is 5.73 Å². The Morgan fingerprint density at radius 2 is 1.71 bits per heavy atom. The third kappa shape index (κ3) is 5.40. The minimum atomic E-state index is -3.72. The summed E-state index contributed by atoms with van der Waals surface area (Å²) in [7, 11) is -3.72. The quantitative estimate of drug-likeness (QED) is 0.594. The van der Waals surface area contributed by atoms with Crippen LogP contribution in [0, 0.1) is 0 Å². The van der Waals surface area contributed by atoms with Crippen molar-refractivity contribution < 1.29 is 27.5 Å². The van der Waals surface area contributed by atoms with E-state index in [-0.39, 0.29) is 17.1 Å². The lowest BCUT2D eigenvalue weighted by atomic mass is 10.1. The SMILES string of the molecule is NC(=O)c1cccc(COC(=O)c2cc(S(=O)(=O)N3CCCCC3)ccc2N2CCOCC2)c1. The molecule has 0 bridgehead atoms. The van der Waals surface area contributed by atoms with Gasteiger partial charge in [-0.15, -0.1) is 0 Å². The van der Waals surface area contributed by atoms with E-state index in [0.29, 0.717) is 56.2 Å². The van der Waals surface area contributed by atoms with Crippen LogP contribution in [0.5, 0.6) is 0 Å². The number of hydrogen-bond donors (Lipinski definition) is 1. The number of amides is 1. The lowest BCUT2D eigenvalue weighted by Crippen LogP contribution is -2.38. The topological polar surface area (TPSA) is 119 Å². The van der Waals surface area contributed by atoms with Crippen LogP contribution in [0.4, 0.5) is 5.69 Å². The number of anilines is 1. The fourth-order valence-corrected chi connectivity index (χ4v) is 5.76. The normalized spacial score (nSPS) is 17.4. The Morgan fingerprint density at radius 3 is 2.41 bits per heavy atom. The summed E-state index contributed by atoms with van der Waals surface area (Å²) in [5, 5.41) is 0. The molecule has 4 rings (SSSR count). The van der Waals surface area contributed by atoms with Gasteiger partial charge < -0.3 is 20.1 Å². The Hall–Kier alpha value is -2.95. The molecule has 2 aliphatic rings. The van der Waals surface area contributed by atoms with E-state index in [0.717, 1.165) is 19.3 Å². The van der Waals surface area contributed by atoms with Gasteiger partial charge in [-0.05, 0) is 48.7 Å². The third-order valence-electron chi connectivity index (χ3n) is 6.07. The second kappa shape index (κ2) is 10.5. The predicted octanol–water partition coefficient (Wildman–Crippen LogP) is 2.15. The number of rotatable bonds is 7. The smallest absolute Gasteiger partial charge is 0.340 e. The minimum Gasteiger partial charge on any atom is -0.457 e.